The second-order valence-corrected chi connectivity index (χ2v) is 6.78. The summed E-state index contributed by atoms with van der Waals surface area (Å²) < 4.78 is 2.34. The largest absolute Gasteiger partial charge is 0.309 e. The van der Waals surface area contributed by atoms with Gasteiger partial charge in [0.05, 0.1) is 6.04 Å². The second kappa shape index (κ2) is 5.86. The molecule has 20 heavy (non-hydrogen) atoms. The molecule has 0 bridgehead atoms. The fourth-order valence-electron chi connectivity index (χ4n) is 2.44. The van der Waals surface area contributed by atoms with E-state index in [9.17, 15) is 0 Å². The summed E-state index contributed by atoms with van der Waals surface area (Å²) >= 11 is 11.4. The number of nitrogens with one attached hydrogen (secondary N) is 1. The Labute approximate surface area is 135 Å². The predicted molar refractivity (Wildman–Crippen MR) is 91.9 cm³/mol. The van der Waals surface area contributed by atoms with E-state index in [-0.39, 0.29) is 6.04 Å². The van der Waals surface area contributed by atoms with Crippen LogP contribution >= 0.6 is 38.9 Å². The van der Waals surface area contributed by atoms with Crippen LogP contribution < -0.4 is 5.32 Å². The van der Waals surface area contributed by atoms with Crippen LogP contribution in [0.2, 0.25) is 5.02 Å². The zero-order valence-electron chi connectivity index (χ0n) is 10.9. The van der Waals surface area contributed by atoms with Gasteiger partial charge in [-0.05, 0) is 47.1 Å². The van der Waals surface area contributed by atoms with Crippen molar-refractivity contribution in [2.75, 3.05) is 7.05 Å². The summed E-state index contributed by atoms with van der Waals surface area (Å²) in [4.78, 5) is 0. The normalized spacial score (nSPS) is 12.8. The van der Waals surface area contributed by atoms with Crippen LogP contribution in [0.1, 0.15) is 17.2 Å². The Morgan fingerprint density at radius 1 is 1.15 bits per heavy atom. The molecule has 0 spiro atoms. The molecule has 3 rings (SSSR count). The standard InChI is InChI=1S/C16H13BrClNS/c1-19-16(12-7-6-10(18)8-14(12)17)13-9-20-15-5-3-2-4-11(13)15/h2-9,16,19H,1H3. The van der Waals surface area contributed by atoms with Gasteiger partial charge < -0.3 is 5.32 Å². The maximum absolute atomic E-state index is 6.04. The fraction of sp³-hybridized carbons (Fsp3) is 0.125. The average molecular weight is 367 g/mol. The Balaban J connectivity index is 2.14. The molecule has 1 unspecified atom stereocenters. The molecule has 0 amide bonds. The van der Waals surface area contributed by atoms with E-state index >= 15 is 0 Å². The minimum Gasteiger partial charge on any atom is -0.309 e. The summed E-state index contributed by atoms with van der Waals surface area (Å²) in [6.45, 7) is 0. The number of benzene rings is 2. The van der Waals surface area contributed by atoms with Crippen molar-refractivity contribution in [1.29, 1.82) is 0 Å². The summed E-state index contributed by atoms with van der Waals surface area (Å²) in [6.07, 6.45) is 0. The first-order chi connectivity index (χ1) is 9.70. The van der Waals surface area contributed by atoms with Crippen LogP contribution in [0.15, 0.2) is 52.3 Å². The number of thiophene rings is 1. The molecule has 0 aliphatic rings. The number of hydrogen-bond donors (Lipinski definition) is 1. The molecule has 102 valence electrons. The molecule has 1 nitrogen and oxygen atoms in total. The lowest BCUT2D eigenvalue weighted by Gasteiger charge is -2.18. The van der Waals surface area contributed by atoms with Crippen molar-refractivity contribution < 1.29 is 0 Å². The molecular weight excluding hydrogens is 354 g/mol. The average Bonchev–Trinajstić information content (AvgIpc) is 2.86. The molecule has 0 radical (unpaired) electrons. The highest BCUT2D eigenvalue weighted by atomic mass is 79.9. The van der Waals surface area contributed by atoms with Crippen LogP contribution in [0.25, 0.3) is 10.1 Å². The first-order valence-electron chi connectivity index (χ1n) is 6.29. The number of fused-ring (bicyclic) bond motifs is 1. The van der Waals surface area contributed by atoms with Gasteiger partial charge in [-0.1, -0.05) is 51.8 Å². The third-order valence-corrected chi connectivity index (χ3v) is 5.29. The van der Waals surface area contributed by atoms with E-state index in [1.807, 2.05) is 19.2 Å². The molecule has 1 aromatic heterocycles. The number of rotatable bonds is 3. The summed E-state index contributed by atoms with van der Waals surface area (Å²) in [5.74, 6) is 0. The van der Waals surface area contributed by atoms with Crippen LogP contribution in [-0.4, -0.2) is 7.05 Å². The Kier molecular flexibility index (Phi) is 4.13. The summed E-state index contributed by atoms with van der Waals surface area (Å²) in [6, 6.07) is 14.6. The van der Waals surface area contributed by atoms with E-state index < -0.39 is 0 Å². The van der Waals surface area contributed by atoms with Gasteiger partial charge in [-0.15, -0.1) is 11.3 Å². The third kappa shape index (κ3) is 2.51. The molecule has 0 saturated heterocycles. The zero-order valence-corrected chi connectivity index (χ0v) is 14.0. The fourth-order valence-corrected chi connectivity index (χ4v) is 4.33. The van der Waals surface area contributed by atoms with Crippen LogP contribution in [0.4, 0.5) is 0 Å². The van der Waals surface area contributed by atoms with Gasteiger partial charge in [-0.2, -0.15) is 0 Å². The maximum Gasteiger partial charge on any atom is 0.0599 e. The minimum atomic E-state index is 0.151. The number of hydrogen-bond acceptors (Lipinski definition) is 2. The molecule has 0 aliphatic carbocycles. The van der Waals surface area contributed by atoms with Crippen molar-refractivity contribution in [1.82, 2.24) is 5.32 Å². The van der Waals surface area contributed by atoms with Crippen LogP contribution in [-0.2, 0) is 0 Å². The molecular formula is C16H13BrClNS. The van der Waals surface area contributed by atoms with Crippen molar-refractivity contribution in [3.05, 3.63) is 68.5 Å². The molecule has 4 heteroatoms. The van der Waals surface area contributed by atoms with Gasteiger partial charge in [0.1, 0.15) is 0 Å². The summed E-state index contributed by atoms with van der Waals surface area (Å²) in [5.41, 5.74) is 2.50. The molecule has 0 saturated carbocycles. The van der Waals surface area contributed by atoms with Gasteiger partial charge in [-0.25, -0.2) is 0 Å². The van der Waals surface area contributed by atoms with E-state index in [1.165, 1.54) is 21.2 Å². The summed E-state index contributed by atoms with van der Waals surface area (Å²) in [5, 5.41) is 7.68. The molecule has 0 aliphatic heterocycles. The zero-order chi connectivity index (χ0) is 14.1. The third-order valence-electron chi connectivity index (χ3n) is 3.38. The van der Waals surface area contributed by atoms with Crippen molar-refractivity contribution >= 4 is 49.0 Å². The van der Waals surface area contributed by atoms with Crippen molar-refractivity contribution in [2.24, 2.45) is 0 Å². The second-order valence-electron chi connectivity index (χ2n) is 4.57. The van der Waals surface area contributed by atoms with Gasteiger partial charge in [-0.3, -0.25) is 0 Å². The van der Waals surface area contributed by atoms with Crippen molar-refractivity contribution in [3.8, 4) is 0 Å². The lowest BCUT2D eigenvalue weighted by atomic mass is 9.98. The molecule has 1 heterocycles. The molecule has 3 aromatic rings. The predicted octanol–water partition coefficient (Wildman–Crippen LogP) is 5.63. The SMILES string of the molecule is CNC(c1ccc(Cl)cc1Br)c1csc2ccccc12. The number of halogens is 2. The maximum atomic E-state index is 6.04. The topological polar surface area (TPSA) is 12.0 Å². The van der Waals surface area contributed by atoms with E-state index in [2.05, 4.69) is 57.0 Å². The van der Waals surface area contributed by atoms with Gasteiger partial charge in [0.15, 0.2) is 0 Å². The van der Waals surface area contributed by atoms with E-state index in [0.717, 1.165) is 9.50 Å². The molecule has 0 fully saturated rings. The van der Waals surface area contributed by atoms with Gasteiger partial charge in [0.2, 0.25) is 0 Å². The molecule has 2 aromatic carbocycles. The first kappa shape index (κ1) is 14.1. The lowest BCUT2D eigenvalue weighted by Crippen LogP contribution is -2.17. The monoisotopic (exact) mass is 365 g/mol. The lowest BCUT2D eigenvalue weighted by molar-refractivity contribution is 0.696. The minimum absolute atomic E-state index is 0.151. The Bertz CT molecular complexity index is 753. The summed E-state index contributed by atoms with van der Waals surface area (Å²) in [7, 11) is 1.98. The van der Waals surface area contributed by atoms with E-state index in [4.69, 9.17) is 11.6 Å². The van der Waals surface area contributed by atoms with Gasteiger partial charge >= 0.3 is 0 Å². The van der Waals surface area contributed by atoms with E-state index in [1.54, 1.807) is 11.3 Å². The van der Waals surface area contributed by atoms with Gasteiger partial charge in [0.25, 0.3) is 0 Å². The van der Waals surface area contributed by atoms with Crippen LogP contribution in [0, 0.1) is 0 Å². The Morgan fingerprint density at radius 3 is 2.70 bits per heavy atom. The quantitative estimate of drug-likeness (QED) is 0.634. The van der Waals surface area contributed by atoms with E-state index in [0.29, 0.717) is 0 Å². The molecule has 1 N–H and O–H groups in total. The van der Waals surface area contributed by atoms with Gasteiger partial charge in [0, 0.05) is 14.2 Å². The first-order valence-corrected chi connectivity index (χ1v) is 8.34. The van der Waals surface area contributed by atoms with Crippen molar-refractivity contribution in [3.63, 3.8) is 0 Å². The highest BCUT2D eigenvalue weighted by Crippen LogP contribution is 2.36. The van der Waals surface area contributed by atoms with Crippen LogP contribution in [0.5, 0.6) is 0 Å². The smallest absolute Gasteiger partial charge is 0.0599 e. The highest BCUT2D eigenvalue weighted by molar-refractivity contribution is 9.10. The molecule has 1 atom stereocenters. The Hall–Kier alpha value is -0.870. The van der Waals surface area contributed by atoms with Crippen molar-refractivity contribution in [2.45, 2.75) is 6.04 Å². The highest BCUT2D eigenvalue weighted by Gasteiger charge is 2.18. The van der Waals surface area contributed by atoms with Crippen LogP contribution in [0.3, 0.4) is 0 Å². The Morgan fingerprint density at radius 2 is 1.95 bits per heavy atom.